The van der Waals surface area contributed by atoms with Crippen LogP contribution in [-0.4, -0.2) is 13.1 Å². The first-order valence-electron chi connectivity index (χ1n) is 9.09. The maximum atomic E-state index is 12.1. The number of ether oxygens (including phenoxy) is 2. The van der Waals surface area contributed by atoms with Gasteiger partial charge in [0.1, 0.15) is 11.5 Å². The summed E-state index contributed by atoms with van der Waals surface area (Å²) in [5.41, 5.74) is 2.93. The highest BCUT2D eigenvalue weighted by Gasteiger charge is 2.04. The molecule has 0 fully saturated rings. The number of allylic oxidation sites excluding steroid dienone is 1. The third-order valence-electron chi connectivity index (χ3n) is 4.19. The van der Waals surface area contributed by atoms with E-state index in [1.165, 1.54) is 6.08 Å². The highest BCUT2D eigenvalue weighted by atomic mass is 35.5. The average molecular weight is 416 g/mol. The molecule has 0 spiro atoms. The zero-order valence-electron chi connectivity index (χ0n) is 16.2. The Bertz CT molecular complexity index is 1120. The third kappa shape index (κ3) is 5.84. The summed E-state index contributed by atoms with van der Waals surface area (Å²) >= 11 is 5.90. The molecule has 5 heteroatoms. The summed E-state index contributed by atoms with van der Waals surface area (Å²) in [6, 6.07) is 23.5. The molecule has 3 aromatic carbocycles. The summed E-state index contributed by atoms with van der Waals surface area (Å²) in [5.74, 6) is 0.641. The van der Waals surface area contributed by atoms with Gasteiger partial charge in [0.15, 0.2) is 0 Å². The Labute approximate surface area is 180 Å². The molecule has 0 unspecified atom stereocenters. The lowest BCUT2D eigenvalue weighted by molar-refractivity contribution is -0.128. The predicted molar refractivity (Wildman–Crippen MR) is 119 cm³/mol. The molecular formula is C25H18ClNO3. The minimum Gasteiger partial charge on any atom is -0.497 e. The predicted octanol–water partition coefficient (Wildman–Crippen LogP) is 6.03. The Morgan fingerprint density at radius 3 is 2.37 bits per heavy atom. The van der Waals surface area contributed by atoms with Crippen molar-refractivity contribution >= 4 is 35.3 Å². The first-order valence-corrected chi connectivity index (χ1v) is 9.47. The molecule has 0 saturated carbocycles. The van der Waals surface area contributed by atoms with Crippen LogP contribution in [0.2, 0.25) is 5.02 Å². The molecule has 0 N–H and O–H groups in total. The molecule has 30 heavy (non-hydrogen) atoms. The van der Waals surface area contributed by atoms with E-state index in [1.807, 2.05) is 24.3 Å². The quantitative estimate of drug-likeness (QED) is 0.162. The second-order valence-electron chi connectivity index (χ2n) is 6.28. The Morgan fingerprint density at radius 2 is 1.70 bits per heavy atom. The summed E-state index contributed by atoms with van der Waals surface area (Å²) in [4.78, 5) is 12.1. The third-order valence-corrected chi connectivity index (χ3v) is 4.44. The van der Waals surface area contributed by atoms with E-state index in [4.69, 9.17) is 21.1 Å². The van der Waals surface area contributed by atoms with Gasteiger partial charge in [-0.1, -0.05) is 48.0 Å². The van der Waals surface area contributed by atoms with E-state index in [-0.39, 0.29) is 0 Å². The standard InChI is InChI=1S/C25H18ClNO3/c1-29-24-4-2-3-18(16-24)7-14-25(28)30-23-12-5-19(6-13-23)15-21(17-27)20-8-10-22(26)11-9-20/h2-16H,1H3/b14-7+,21-15-. The zero-order valence-corrected chi connectivity index (χ0v) is 17.0. The van der Waals surface area contributed by atoms with Gasteiger partial charge in [0.25, 0.3) is 0 Å². The molecule has 0 amide bonds. The number of hydrogen-bond acceptors (Lipinski definition) is 4. The molecule has 0 aromatic heterocycles. The van der Waals surface area contributed by atoms with Crippen molar-refractivity contribution in [2.24, 2.45) is 0 Å². The van der Waals surface area contributed by atoms with E-state index in [2.05, 4.69) is 6.07 Å². The van der Waals surface area contributed by atoms with Crippen molar-refractivity contribution in [2.45, 2.75) is 0 Å². The highest BCUT2D eigenvalue weighted by molar-refractivity contribution is 6.30. The number of halogens is 1. The van der Waals surface area contributed by atoms with Crippen molar-refractivity contribution in [2.75, 3.05) is 7.11 Å². The van der Waals surface area contributed by atoms with Gasteiger partial charge in [-0.05, 0) is 65.2 Å². The number of nitrogens with zero attached hydrogens (tertiary/aromatic N) is 1. The van der Waals surface area contributed by atoms with Crippen LogP contribution in [0.15, 0.2) is 78.9 Å². The van der Waals surface area contributed by atoms with Crippen molar-refractivity contribution in [1.82, 2.24) is 0 Å². The van der Waals surface area contributed by atoms with Crippen LogP contribution in [0.25, 0.3) is 17.7 Å². The molecule has 0 aliphatic carbocycles. The summed E-state index contributed by atoms with van der Waals surface area (Å²) in [6.45, 7) is 0. The van der Waals surface area contributed by atoms with Crippen molar-refractivity contribution in [3.8, 4) is 17.6 Å². The minimum atomic E-state index is -0.486. The van der Waals surface area contributed by atoms with Crippen LogP contribution in [0.5, 0.6) is 11.5 Å². The fourth-order valence-corrected chi connectivity index (χ4v) is 2.79. The normalized spacial score (nSPS) is 11.2. The van der Waals surface area contributed by atoms with E-state index >= 15 is 0 Å². The van der Waals surface area contributed by atoms with E-state index in [0.717, 1.165) is 16.7 Å². The van der Waals surface area contributed by atoms with Gasteiger partial charge < -0.3 is 9.47 Å². The van der Waals surface area contributed by atoms with Crippen LogP contribution in [0.3, 0.4) is 0 Å². The number of rotatable bonds is 6. The number of esters is 1. The summed E-state index contributed by atoms with van der Waals surface area (Å²) < 4.78 is 10.5. The molecule has 0 atom stereocenters. The second kappa shape index (κ2) is 10.1. The Kier molecular flexibility index (Phi) is 7.05. The van der Waals surface area contributed by atoms with Gasteiger partial charge in [0.05, 0.1) is 18.8 Å². The molecule has 0 bridgehead atoms. The first kappa shape index (κ1) is 20.9. The Hall–Kier alpha value is -3.81. The van der Waals surface area contributed by atoms with Crippen molar-refractivity contribution in [3.05, 3.63) is 101 Å². The molecular weight excluding hydrogens is 398 g/mol. The van der Waals surface area contributed by atoms with Gasteiger partial charge in [0.2, 0.25) is 0 Å². The van der Waals surface area contributed by atoms with Gasteiger partial charge in [-0.15, -0.1) is 0 Å². The van der Waals surface area contributed by atoms with Gasteiger partial charge in [-0.2, -0.15) is 5.26 Å². The van der Waals surface area contributed by atoms with Crippen LogP contribution < -0.4 is 9.47 Å². The number of carbonyl (C=O) groups is 1. The summed E-state index contributed by atoms with van der Waals surface area (Å²) in [7, 11) is 1.59. The van der Waals surface area contributed by atoms with Crippen LogP contribution in [0.4, 0.5) is 0 Å². The van der Waals surface area contributed by atoms with Crippen LogP contribution in [0, 0.1) is 11.3 Å². The molecule has 0 heterocycles. The maximum Gasteiger partial charge on any atom is 0.336 e. The SMILES string of the molecule is COc1cccc(/C=C/C(=O)Oc2ccc(/C=C(/C#N)c3ccc(Cl)cc3)cc2)c1. The van der Waals surface area contributed by atoms with E-state index < -0.39 is 5.97 Å². The first-order chi connectivity index (χ1) is 14.6. The monoisotopic (exact) mass is 415 g/mol. The molecule has 0 aliphatic heterocycles. The van der Waals surface area contributed by atoms with Crippen LogP contribution >= 0.6 is 11.6 Å². The van der Waals surface area contributed by atoms with Crippen LogP contribution in [0.1, 0.15) is 16.7 Å². The van der Waals surface area contributed by atoms with E-state index in [1.54, 1.807) is 67.8 Å². The topological polar surface area (TPSA) is 59.3 Å². The zero-order chi connectivity index (χ0) is 21.3. The highest BCUT2D eigenvalue weighted by Crippen LogP contribution is 2.21. The lowest BCUT2D eigenvalue weighted by atomic mass is 10.0. The fraction of sp³-hybridized carbons (Fsp3) is 0.0400. The van der Waals surface area contributed by atoms with E-state index in [9.17, 15) is 10.1 Å². The molecule has 0 radical (unpaired) electrons. The average Bonchev–Trinajstić information content (AvgIpc) is 2.78. The second-order valence-corrected chi connectivity index (χ2v) is 6.71. The van der Waals surface area contributed by atoms with Gasteiger partial charge >= 0.3 is 5.97 Å². The van der Waals surface area contributed by atoms with Crippen molar-refractivity contribution in [3.63, 3.8) is 0 Å². The van der Waals surface area contributed by atoms with E-state index in [0.29, 0.717) is 22.1 Å². The summed E-state index contributed by atoms with van der Waals surface area (Å²) in [5, 5.41) is 10.0. The number of methoxy groups -OCH3 is 1. The van der Waals surface area contributed by atoms with Crippen molar-refractivity contribution < 1.29 is 14.3 Å². The largest absolute Gasteiger partial charge is 0.497 e. The molecule has 4 nitrogen and oxygen atoms in total. The summed E-state index contributed by atoms with van der Waals surface area (Å²) in [6.07, 6.45) is 4.78. The maximum absolute atomic E-state index is 12.1. The van der Waals surface area contributed by atoms with Crippen LogP contribution in [-0.2, 0) is 4.79 Å². The molecule has 148 valence electrons. The van der Waals surface area contributed by atoms with Gasteiger partial charge in [-0.3, -0.25) is 0 Å². The minimum absolute atomic E-state index is 0.414. The smallest absolute Gasteiger partial charge is 0.336 e. The number of nitriles is 1. The van der Waals surface area contributed by atoms with Crippen molar-refractivity contribution in [1.29, 1.82) is 5.26 Å². The lowest BCUT2D eigenvalue weighted by Gasteiger charge is -2.03. The number of hydrogen-bond donors (Lipinski definition) is 0. The number of benzene rings is 3. The van der Waals surface area contributed by atoms with Gasteiger partial charge in [0, 0.05) is 11.1 Å². The van der Waals surface area contributed by atoms with Gasteiger partial charge in [-0.25, -0.2) is 4.79 Å². The molecule has 0 aliphatic rings. The lowest BCUT2D eigenvalue weighted by Crippen LogP contribution is -2.03. The molecule has 3 rings (SSSR count). The Balaban J connectivity index is 1.66. The number of carbonyl (C=O) groups excluding carboxylic acids is 1. The molecule has 3 aromatic rings. The molecule has 0 saturated heterocycles. The Morgan fingerprint density at radius 1 is 0.967 bits per heavy atom. The fourth-order valence-electron chi connectivity index (χ4n) is 2.67.